The molecule has 0 aromatic rings. The molecule has 6 heteroatoms. The second kappa shape index (κ2) is 8.46. The van der Waals surface area contributed by atoms with Gasteiger partial charge in [0.2, 0.25) is 10.0 Å². The van der Waals surface area contributed by atoms with Crippen molar-refractivity contribution in [2.75, 3.05) is 31.9 Å². The third-order valence-corrected chi connectivity index (χ3v) is 5.84. The minimum atomic E-state index is -3.09. The van der Waals surface area contributed by atoms with Gasteiger partial charge in [0.1, 0.15) is 0 Å². The summed E-state index contributed by atoms with van der Waals surface area (Å²) in [7, 11) is -3.09. The average molecular weight is 317 g/mol. The molecule has 1 heterocycles. The number of nitrogens with zero attached hydrogens (tertiary/aromatic N) is 1. The Morgan fingerprint density at radius 2 is 1.76 bits per heavy atom. The molecule has 21 heavy (non-hydrogen) atoms. The second-order valence-electron chi connectivity index (χ2n) is 6.49. The van der Waals surface area contributed by atoms with E-state index in [2.05, 4.69) is 21.9 Å². The van der Waals surface area contributed by atoms with E-state index in [1.165, 1.54) is 19.3 Å². The topological polar surface area (TPSA) is 61.4 Å². The molecule has 124 valence electrons. The summed E-state index contributed by atoms with van der Waals surface area (Å²) in [4.78, 5) is 2.42. The average Bonchev–Trinajstić information content (AvgIpc) is 3.25. The molecule has 1 saturated carbocycles. The predicted molar refractivity (Wildman–Crippen MR) is 86.9 cm³/mol. The van der Waals surface area contributed by atoms with E-state index in [0.29, 0.717) is 6.04 Å². The Labute approximate surface area is 129 Å². The van der Waals surface area contributed by atoms with Crippen LogP contribution in [-0.2, 0) is 10.0 Å². The number of likely N-dealkylation sites (tertiary alicyclic amines) is 1. The number of sulfonamides is 1. The van der Waals surface area contributed by atoms with Crippen LogP contribution in [-0.4, -0.2) is 57.3 Å². The summed E-state index contributed by atoms with van der Waals surface area (Å²) in [6.45, 7) is 6.31. The fourth-order valence-corrected chi connectivity index (χ4v) is 4.36. The molecule has 0 bridgehead atoms. The van der Waals surface area contributed by atoms with Crippen LogP contribution in [0.5, 0.6) is 0 Å². The van der Waals surface area contributed by atoms with E-state index >= 15 is 0 Å². The van der Waals surface area contributed by atoms with E-state index in [1.54, 1.807) is 0 Å². The van der Waals surface area contributed by atoms with Crippen molar-refractivity contribution in [3.63, 3.8) is 0 Å². The van der Waals surface area contributed by atoms with E-state index in [1.807, 2.05) is 0 Å². The fourth-order valence-electron chi connectivity index (χ4n) is 2.91. The maximum absolute atomic E-state index is 12.1. The highest BCUT2D eigenvalue weighted by molar-refractivity contribution is 7.89. The van der Waals surface area contributed by atoms with E-state index in [0.717, 1.165) is 51.9 Å². The van der Waals surface area contributed by atoms with Gasteiger partial charge in [0, 0.05) is 12.1 Å². The summed E-state index contributed by atoms with van der Waals surface area (Å²) in [5.41, 5.74) is 0. The van der Waals surface area contributed by atoms with Crippen LogP contribution in [0.25, 0.3) is 0 Å². The zero-order chi connectivity index (χ0) is 15.1. The van der Waals surface area contributed by atoms with Gasteiger partial charge in [0.25, 0.3) is 0 Å². The van der Waals surface area contributed by atoms with E-state index in [-0.39, 0.29) is 11.8 Å². The summed E-state index contributed by atoms with van der Waals surface area (Å²) >= 11 is 0. The lowest BCUT2D eigenvalue weighted by molar-refractivity contribution is 0.208. The fraction of sp³-hybridized carbons (Fsp3) is 1.00. The first-order chi connectivity index (χ1) is 10.1. The molecule has 0 amide bonds. The largest absolute Gasteiger partial charge is 0.314 e. The Morgan fingerprint density at radius 1 is 1.05 bits per heavy atom. The van der Waals surface area contributed by atoms with Crippen LogP contribution < -0.4 is 10.0 Å². The van der Waals surface area contributed by atoms with Gasteiger partial charge in [-0.1, -0.05) is 6.92 Å². The SMILES string of the molecule is CCCN1CCC(NS(=O)(=O)CCCCNC2CC2)CC1. The molecule has 0 aromatic carbocycles. The molecule has 2 rings (SSSR count). The van der Waals surface area contributed by atoms with Crippen LogP contribution in [0.2, 0.25) is 0 Å². The van der Waals surface area contributed by atoms with E-state index in [4.69, 9.17) is 0 Å². The molecular formula is C15H31N3O2S. The minimum absolute atomic E-state index is 0.146. The zero-order valence-electron chi connectivity index (χ0n) is 13.3. The first-order valence-electron chi connectivity index (χ1n) is 8.55. The molecule has 1 aliphatic carbocycles. The zero-order valence-corrected chi connectivity index (χ0v) is 14.1. The summed E-state index contributed by atoms with van der Waals surface area (Å²) < 4.78 is 27.0. The normalized spacial score (nSPS) is 21.8. The number of piperidine rings is 1. The van der Waals surface area contributed by atoms with Crippen molar-refractivity contribution in [3.8, 4) is 0 Å². The number of nitrogens with one attached hydrogen (secondary N) is 2. The van der Waals surface area contributed by atoms with Crippen LogP contribution in [0, 0.1) is 0 Å². The van der Waals surface area contributed by atoms with E-state index < -0.39 is 10.0 Å². The summed E-state index contributed by atoms with van der Waals surface area (Å²) in [6.07, 6.45) is 7.35. The molecule has 2 N–H and O–H groups in total. The highest BCUT2D eigenvalue weighted by atomic mass is 32.2. The molecule has 5 nitrogen and oxygen atoms in total. The standard InChI is InChI=1S/C15H31N3O2S/c1-2-10-18-11-7-15(8-12-18)17-21(19,20)13-4-3-9-16-14-5-6-14/h14-17H,2-13H2,1H3. The molecule has 0 unspecified atom stereocenters. The van der Waals surface area contributed by atoms with Crippen LogP contribution in [0.4, 0.5) is 0 Å². The molecule has 2 aliphatic rings. The van der Waals surface area contributed by atoms with Gasteiger partial charge in [-0.15, -0.1) is 0 Å². The smallest absolute Gasteiger partial charge is 0.211 e. The Hall–Kier alpha value is -0.170. The minimum Gasteiger partial charge on any atom is -0.314 e. The lowest BCUT2D eigenvalue weighted by Gasteiger charge is -2.31. The number of hydrogen-bond donors (Lipinski definition) is 2. The first kappa shape index (κ1) is 17.2. The Kier molecular flexibility index (Phi) is 6.92. The van der Waals surface area contributed by atoms with Crippen LogP contribution in [0.15, 0.2) is 0 Å². The van der Waals surface area contributed by atoms with E-state index in [9.17, 15) is 8.42 Å². The summed E-state index contributed by atoms with van der Waals surface area (Å²) in [5.74, 6) is 0.272. The van der Waals surface area contributed by atoms with Crippen LogP contribution in [0.1, 0.15) is 51.9 Å². The van der Waals surface area contributed by atoms with Gasteiger partial charge < -0.3 is 10.2 Å². The van der Waals surface area contributed by atoms with Crippen molar-refractivity contribution >= 4 is 10.0 Å². The quantitative estimate of drug-likeness (QED) is 0.597. The van der Waals surface area contributed by atoms with Crippen LogP contribution in [0.3, 0.4) is 0 Å². The van der Waals surface area contributed by atoms with Crippen molar-refractivity contribution < 1.29 is 8.42 Å². The van der Waals surface area contributed by atoms with Crippen LogP contribution >= 0.6 is 0 Å². The maximum Gasteiger partial charge on any atom is 0.211 e. The number of unbranched alkanes of at least 4 members (excludes halogenated alkanes) is 1. The van der Waals surface area contributed by atoms with Crippen molar-refractivity contribution in [2.24, 2.45) is 0 Å². The molecule has 0 spiro atoms. The molecule has 1 aliphatic heterocycles. The van der Waals surface area contributed by atoms with Gasteiger partial charge in [-0.25, -0.2) is 13.1 Å². The van der Waals surface area contributed by atoms with Gasteiger partial charge in [-0.05, 0) is 71.1 Å². The Bertz CT molecular complexity index is 388. The van der Waals surface area contributed by atoms with Crippen molar-refractivity contribution in [1.82, 2.24) is 14.9 Å². The Morgan fingerprint density at radius 3 is 2.38 bits per heavy atom. The number of hydrogen-bond acceptors (Lipinski definition) is 4. The van der Waals surface area contributed by atoms with Gasteiger partial charge in [-0.2, -0.15) is 0 Å². The van der Waals surface area contributed by atoms with Crippen molar-refractivity contribution in [3.05, 3.63) is 0 Å². The molecule has 0 radical (unpaired) electrons. The third-order valence-electron chi connectivity index (χ3n) is 4.32. The Balaban J connectivity index is 1.57. The highest BCUT2D eigenvalue weighted by Crippen LogP contribution is 2.18. The molecule has 1 saturated heterocycles. The monoisotopic (exact) mass is 317 g/mol. The van der Waals surface area contributed by atoms with Gasteiger partial charge >= 0.3 is 0 Å². The lowest BCUT2D eigenvalue weighted by atomic mass is 10.1. The molecule has 0 atom stereocenters. The summed E-state index contributed by atoms with van der Waals surface area (Å²) in [6, 6.07) is 0.862. The second-order valence-corrected chi connectivity index (χ2v) is 8.36. The van der Waals surface area contributed by atoms with Crippen molar-refractivity contribution in [2.45, 2.75) is 64.0 Å². The lowest BCUT2D eigenvalue weighted by Crippen LogP contribution is -2.45. The molecule has 0 aromatic heterocycles. The molecular weight excluding hydrogens is 286 g/mol. The van der Waals surface area contributed by atoms with Gasteiger partial charge in [0.05, 0.1) is 5.75 Å². The number of rotatable bonds is 10. The first-order valence-corrected chi connectivity index (χ1v) is 10.2. The maximum atomic E-state index is 12.1. The molecule has 2 fully saturated rings. The summed E-state index contributed by atoms with van der Waals surface area (Å²) in [5, 5.41) is 3.42. The third kappa shape index (κ3) is 7.08. The van der Waals surface area contributed by atoms with Gasteiger partial charge in [0.15, 0.2) is 0 Å². The predicted octanol–water partition coefficient (Wildman–Crippen LogP) is 1.31. The van der Waals surface area contributed by atoms with Crippen molar-refractivity contribution in [1.29, 1.82) is 0 Å². The highest BCUT2D eigenvalue weighted by Gasteiger charge is 2.23. The van der Waals surface area contributed by atoms with Gasteiger partial charge in [-0.3, -0.25) is 0 Å².